The van der Waals surface area contributed by atoms with Gasteiger partial charge in [0.05, 0.1) is 12.5 Å². The average molecular weight is 329 g/mol. The number of rotatable bonds is 3. The van der Waals surface area contributed by atoms with Crippen LogP contribution in [-0.2, 0) is 14.8 Å². The van der Waals surface area contributed by atoms with Crippen LogP contribution in [-0.4, -0.2) is 51.1 Å². The Hall–Kier alpha value is -2.03. The van der Waals surface area contributed by atoms with E-state index in [0.29, 0.717) is 11.4 Å². The highest BCUT2D eigenvalue weighted by molar-refractivity contribution is 7.90. The van der Waals surface area contributed by atoms with E-state index in [1.54, 1.807) is 23.1 Å². The van der Waals surface area contributed by atoms with Crippen molar-refractivity contribution in [3.63, 3.8) is 0 Å². The van der Waals surface area contributed by atoms with Gasteiger partial charge in [-0.05, 0) is 12.1 Å². The predicted octanol–water partition coefficient (Wildman–Crippen LogP) is 0.449. The molecule has 2 heterocycles. The standard InChI is InChI=1S/C13H13F2N3O3S/c14-11(15)5-16-13(19)8-6-18(7-8)12-9-3-1-2-4-10(9)22(20,21)17-12/h1-4,8,11H,5-7H2,(H,16,19). The second-order valence-corrected chi connectivity index (χ2v) is 6.70. The van der Waals surface area contributed by atoms with Crippen LogP contribution < -0.4 is 5.32 Å². The molecule has 0 saturated carbocycles. The van der Waals surface area contributed by atoms with Gasteiger partial charge in [-0.15, -0.1) is 4.40 Å². The van der Waals surface area contributed by atoms with E-state index in [0.717, 1.165) is 0 Å². The van der Waals surface area contributed by atoms with E-state index in [1.807, 2.05) is 0 Å². The van der Waals surface area contributed by atoms with Crippen LogP contribution in [0.25, 0.3) is 0 Å². The minimum absolute atomic E-state index is 0.149. The summed E-state index contributed by atoms with van der Waals surface area (Å²) in [4.78, 5) is 13.4. The minimum atomic E-state index is -3.69. The molecular weight excluding hydrogens is 316 g/mol. The molecule has 0 atom stereocenters. The fourth-order valence-corrected chi connectivity index (χ4v) is 3.68. The molecule has 1 fully saturated rings. The SMILES string of the molecule is O=C(NCC(F)F)C1CN(C2=NS(=O)(=O)c3ccccc32)C1. The van der Waals surface area contributed by atoms with E-state index in [9.17, 15) is 22.0 Å². The lowest BCUT2D eigenvalue weighted by Gasteiger charge is -2.39. The third-order valence-electron chi connectivity index (χ3n) is 3.59. The van der Waals surface area contributed by atoms with Gasteiger partial charge in [-0.25, -0.2) is 8.78 Å². The van der Waals surface area contributed by atoms with Gasteiger partial charge in [0.15, 0.2) is 5.84 Å². The first-order chi connectivity index (χ1) is 10.4. The molecule has 0 bridgehead atoms. The normalized spacial score (nSPS) is 19.6. The van der Waals surface area contributed by atoms with Crippen LogP contribution in [0.2, 0.25) is 0 Å². The Morgan fingerprint density at radius 1 is 1.36 bits per heavy atom. The monoisotopic (exact) mass is 329 g/mol. The number of hydrogen-bond acceptors (Lipinski definition) is 4. The number of amides is 1. The summed E-state index contributed by atoms with van der Waals surface area (Å²) < 4.78 is 51.7. The van der Waals surface area contributed by atoms with E-state index in [2.05, 4.69) is 9.71 Å². The van der Waals surface area contributed by atoms with Gasteiger partial charge in [0.1, 0.15) is 4.90 Å². The Morgan fingerprint density at radius 3 is 2.73 bits per heavy atom. The van der Waals surface area contributed by atoms with Crippen molar-refractivity contribution in [3.8, 4) is 0 Å². The van der Waals surface area contributed by atoms with Crippen molar-refractivity contribution in [1.82, 2.24) is 10.2 Å². The lowest BCUT2D eigenvalue weighted by molar-refractivity contribution is -0.129. The van der Waals surface area contributed by atoms with Crippen LogP contribution in [0, 0.1) is 5.92 Å². The Labute approximate surface area is 125 Å². The van der Waals surface area contributed by atoms with Crippen molar-refractivity contribution in [2.24, 2.45) is 10.3 Å². The number of amidine groups is 1. The van der Waals surface area contributed by atoms with E-state index < -0.39 is 34.8 Å². The molecule has 1 saturated heterocycles. The topological polar surface area (TPSA) is 78.8 Å². The molecule has 118 valence electrons. The fraction of sp³-hybridized carbons (Fsp3) is 0.385. The number of alkyl halides is 2. The van der Waals surface area contributed by atoms with Crippen molar-refractivity contribution in [3.05, 3.63) is 29.8 Å². The highest BCUT2D eigenvalue weighted by Crippen LogP contribution is 2.30. The minimum Gasteiger partial charge on any atom is -0.354 e. The lowest BCUT2D eigenvalue weighted by atomic mass is 9.97. The van der Waals surface area contributed by atoms with Gasteiger partial charge in [0.25, 0.3) is 16.4 Å². The van der Waals surface area contributed by atoms with Crippen LogP contribution in [0.4, 0.5) is 8.78 Å². The Balaban J connectivity index is 1.68. The van der Waals surface area contributed by atoms with Gasteiger partial charge in [-0.1, -0.05) is 12.1 Å². The number of sulfonamides is 1. The van der Waals surface area contributed by atoms with Crippen molar-refractivity contribution in [2.45, 2.75) is 11.3 Å². The maximum atomic E-state index is 12.0. The highest BCUT2D eigenvalue weighted by atomic mass is 32.2. The zero-order valence-corrected chi connectivity index (χ0v) is 12.2. The van der Waals surface area contributed by atoms with Crippen LogP contribution in [0.1, 0.15) is 5.56 Å². The number of halogens is 2. The number of nitrogens with one attached hydrogen (secondary N) is 1. The molecule has 0 spiro atoms. The summed E-state index contributed by atoms with van der Waals surface area (Å²) >= 11 is 0. The van der Waals surface area contributed by atoms with Gasteiger partial charge >= 0.3 is 0 Å². The maximum Gasteiger partial charge on any atom is 0.285 e. The molecule has 3 rings (SSSR count). The van der Waals surface area contributed by atoms with Gasteiger partial charge in [-0.3, -0.25) is 4.79 Å². The predicted molar refractivity (Wildman–Crippen MR) is 74.2 cm³/mol. The first-order valence-corrected chi connectivity index (χ1v) is 8.07. The maximum absolute atomic E-state index is 12.0. The summed E-state index contributed by atoms with van der Waals surface area (Å²) in [5.41, 5.74) is 0.508. The smallest absolute Gasteiger partial charge is 0.285 e. The van der Waals surface area contributed by atoms with Crippen LogP contribution in [0.5, 0.6) is 0 Å². The van der Waals surface area contributed by atoms with Crippen molar-refractivity contribution >= 4 is 21.8 Å². The van der Waals surface area contributed by atoms with Gasteiger partial charge in [0, 0.05) is 18.7 Å². The first kappa shape index (κ1) is 14.9. The summed E-state index contributed by atoms with van der Waals surface area (Å²) in [6.45, 7) is -0.150. The Bertz CT molecular complexity index is 743. The molecular formula is C13H13F2N3O3S. The number of fused-ring (bicyclic) bond motifs is 1. The number of likely N-dealkylation sites (tertiary alicyclic amines) is 1. The Morgan fingerprint density at radius 2 is 2.05 bits per heavy atom. The van der Waals surface area contributed by atoms with Gasteiger partial charge < -0.3 is 10.2 Å². The van der Waals surface area contributed by atoms with Gasteiger partial charge in [0.2, 0.25) is 5.91 Å². The van der Waals surface area contributed by atoms with Crippen molar-refractivity contribution in [1.29, 1.82) is 0 Å². The van der Waals surface area contributed by atoms with E-state index in [4.69, 9.17) is 0 Å². The summed E-state index contributed by atoms with van der Waals surface area (Å²) in [6, 6.07) is 6.46. The summed E-state index contributed by atoms with van der Waals surface area (Å²) in [7, 11) is -3.69. The molecule has 2 aliphatic heterocycles. The molecule has 0 radical (unpaired) electrons. The summed E-state index contributed by atoms with van der Waals surface area (Å²) in [5, 5.41) is 2.16. The van der Waals surface area contributed by atoms with Crippen LogP contribution in [0.3, 0.4) is 0 Å². The number of carbonyl (C=O) groups excluding carboxylic acids is 1. The molecule has 1 aromatic carbocycles. The average Bonchev–Trinajstić information content (AvgIpc) is 2.68. The van der Waals surface area contributed by atoms with E-state index in [-0.39, 0.29) is 18.0 Å². The number of hydrogen-bond donors (Lipinski definition) is 1. The number of carbonyl (C=O) groups is 1. The molecule has 2 aliphatic rings. The van der Waals surface area contributed by atoms with E-state index >= 15 is 0 Å². The largest absolute Gasteiger partial charge is 0.354 e. The van der Waals surface area contributed by atoms with E-state index in [1.165, 1.54) is 6.07 Å². The molecule has 1 aromatic rings. The number of benzene rings is 1. The lowest BCUT2D eigenvalue weighted by Crippen LogP contribution is -2.56. The third-order valence-corrected chi connectivity index (χ3v) is 4.92. The molecule has 22 heavy (non-hydrogen) atoms. The molecule has 9 heteroatoms. The number of nitrogens with zero attached hydrogens (tertiary/aromatic N) is 2. The molecule has 0 unspecified atom stereocenters. The van der Waals surface area contributed by atoms with Crippen molar-refractivity contribution in [2.75, 3.05) is 19.6 Å². The first-order valence-electron chi connectivity index (χ1n) is 6.63. The fourth-order valence-electron chi connectivity index (χ4n) is 2.46. The molecule has 1 N–H and O–H groups in total. The van der Waals surface area contributed by atoms with Crippen molar-refractivity contribution < 1.29 is 22.0 Å². The van der Waals surface area contributed by atoms with Gasteiger partial charge in [-0.2, -0.15) is 8.42 Å². The zero-order chi connectivity index (χ0) is 15.9. The Kier molecular flexibility index (Phi) is 3.59. The zero-order valence-electron chi connectivity index (χ0n) is 11.4. The second kappa shape index (κ2) is 5.31. The quantitative estimate of drug-likeness (QED) is 0.873. The molecule has 1 amide bonds. The molecule has 6 nitrogen and oxygen atoms in total. The van der Waals surface area contributed by atoms with Crippen LogP contribution in [0.15, 0.2) is 33.6 Å². The third kappa shape index (κ3) is 2.56. The summed E-state index contributed by atoms with van der Waals surface area (Å²) in [5.74, 6) is -0.572. The highest BCUT2D eigenvalue weighted by Gasteiger charge is 2.39. The molecule has 0 aromatic heterocycles. The second-order valence-electron chi connectivity index (χ2n) is 5.12. The molecule has 0 aliphatic carbocycles. The summed E-state index contributed by atoms with van der Waals surface area (Å²) in [6.07, 6.45) is -2.59. The van der Waals surface area contributed by atoms with Crippen LogP contribution >= 0.6 is 0 Å².